The number of anilines is 1. The molecular weight excluding hydrogens is 364 g/mol. The molecule has 1 saturated heterocycles. The number of nitrogens with zero attached hydrogens (tertiary/aromatic N) is 1. The molecule has 2 heterocycles. The maximum atomic E-state index is 12.5. The molecule has 150 valence electrons. The van der Waals surface area contributed by atoms with Crippen molar-refractivity contribution < 1.29 is 28.5 Å². The van der Waals surface area contributed by atoms with Crippen molar-refractivity contribution in [3.05, 3.63) is 36.0 Å². The fourth-order valence-electron chi connectivity index (χ4n) is 2.91. The Morgan fingerprint density at radius 2 is 1.75 bits per heavy atom. The molecule has 0 spiro atoms. The highest BCUT2D eigenvalue weighted by Gasteiger charge is 2.17. The molecule has 1 amide bonds. The molecule has 1 fully saturated rings. The third kappa shape index (κ3) is 4.64. The van der Waals surface area contributed by atoms with Crippen LogP contribution in [0.1, 0.15) is 23.2 Å². The summed E-state index contributed by atoms with van der Waals surface area (Å²) in [6, 6.07) is 6.69. The summed E-state index contributed by atoms with van der Waals surface area (Å²) in [6.45, 7) is 1.39. The van der Waals surface area contributed by atoms with E-state index in [1.807, 2.05) is 0 Å². The first kappa shape index (κ1) is 19.8. The van der Waals surface area contributed by atoms with Crippen molar-refractivity contribution in [2.75, 3.05) is 39.9 Å². The summed E-state index contributed by atoms with van der Waals surface area (Å²) in [4.78, 5) is 16.8. The molecule has 3 rings (SSSR count). The number of pyridine rings is 1. The van der Waals surface area contributed by atoms with E-state index in [9.17, 15) is 4.79 Å². The smallest absolute Gasteiger partial charge is 0.257 e. The topological polar surface area (TPSA) is 88.1 Å². The zero-order chi connectivity index (χ0) is 19.9. The normalized spacial score (nSPS) is 14.2. The van der Waals surface area contributed by atoms with Crippen LogP contribution >= 0.6 is 0 Å². The first-order chi connectivity index (χ1) is 13.6. The van der Waals surface area contributed by atoms with Gasteiger partial charge in [-0.05, 0) is 6.07 Å². The van der Waals surface area contributed by atoms with Gasteiger partial charge in [-0.15, -0.1) is 0 Å². The van der Waals surface area contributed by atoms with E-state index in [4.69, 9.17) is 23.7 Å². The summed E-state index contributed by atoms with van der Waals surface area (Å²) in [5.41, 5.74) is 0.926. The number of ether oxygens (including phenoxy) is 5. The lowest BCUT2D eigenvalue weighted by Crippen LogP contribution is -2.26. The Kier molecular flexibility index (Phi) is 6.54. The molecule has 2 aromatic rings. The zero-order valence-corrected chi connectivity index (χ0v) is 16.2. The van der Waals surface area contributed by atoms with E-state index >= 15 is 0 Å². The van der Waals surface area contributed by atoms with Gasteiger partial charge in [-0.25, -0.2) is 4.98 Å². The second-order valence-electron chi connectivity index (χ2n) is 6.18. The molecule has 0 unspecified atom stereocenters. The van der Waals surface area contributed by atoms with E-state index in [-0.39, 0.29) is 12.0 Å². The summed E-state index contributed by atoms with van der Waals surface area (Å²) in [5, 5.41) is 2.81. The van der Waals surface area contributed by atoms with Crippen molar-refractivity contribution in [1.82, 2.24) is 4.98 Å². The molecule has 0 aliphatic carbocycles. The summed E-state index contributed by atoms with van der Waals surface area (Å²) in [5.74, 6) is 1.56. The highest BCUT2D eigenvalue weighted by molar-refractivity contribution is 6.04. The predicted molar refractivity (Wildman–Crippen MR) is 103 cm³/mol. The number of nitrogens with one attached hydrogen (secondary N) is 1. The number of methoxy groups -OCH3 is 3. The standard InChI is InChI=1S/C20H24N2O6/c1-24-16-10-14(11-17(25-2)19(16)26-3)22-20(23)13-4-5-18(21-12-13)28-15-6-8-27-9-7-15/h4-5,10-12,15H,6-9H2,1-3H3,(H,22,23). The zero-order valence-electron chi connectivity index (χ0n) is 16.2. The molecule has 1 aromatic heterocycles. The van der Waals surface area contributed by atoms with Gasteiger partial charge in [0.05, 0.1) is 40.1 Å². The Morgan fingerprint density at radius 1 is 1.07 bits per heavy atom. The van der Waals surface area contributed by atoms with Crippen molar-refractivity contribution in [2.24, 2.45) is 0 Å². The van der Waals surface area contributed by atoms with Crippen LogP contribution in [0.15, 0.2) is 30.5 Å². The lowest BCUT2D eigenvalue weighted by atomic mass is 10.1. The molecule has 28 heavy (non-hydrogen) atoms. The minimum atomic E-state index is -0.306. The first-order valence-corrected chi connectivity index (χ1v) is 8.96. The van der Waals surface area contributed by atoms with Crippen LogP contribution in [-0.4, -0.2) is 51.5 Å². The monoisotopic (exact) mass is 388 g/mol. The summed E-state index contributed by atoms with van der Waals surface area (Å²) in [6.07, 6.45) is 3.26. The summed E-state index contributed by atoms with van der Waals surface area (Å²) >= 11 is 0. The highest BCUT2D eigenvalue weighted by atomic mass is 16.5. The maximum Gasteiger partial charge on any atom is 0.257 e. The largest absolute Gasteiger partial charge is 0.493 e. The first-order valence-electron chi connectivity index (χ1n) is 8.96. The van der Waals surface area contributed by atoms with Gasteiger partial charge in [0.25, 0.3) is 5.91 Å². The number of hydrogen-bond donors (Lipinski definition) is 1. The molecule has 0 radical (unpaired) electrons. The average molecular weight is 388 g/mol. The Hall–Kier alpha value is -3.00. The second-order valence-corrected chi connectivity index (χ2v) is 6.18. The molecule has 0 saturated carbocycles. The molecular formula is C20H24N2O6. The van der Waals surface area contributed by atoms with E-state index in [0.29, 0.717) is 47.6 Å². The Bertz CT molecular complexity index is 778. The lowest BCUT2D eigenvalue weighted by molar-refractivity contribution is 0.0237. The Balaban J connectivity index is 1.69. The molecule has 0 atom stereocenters. The van der Waals surface area contributed by atoms with Crippen LogP contribution in [0.5, 0.6) is 23.1 Å². The van der Waals surface area contributed by atoms with Crippen molar-refractivity contribution >= 4 is 11.6 Å². The number of hydrogen-bond acceptors (Lipinski definition) is 7. The number of carbonyl (C=O) groups is 1. The predicted octanol–water partition coefficient (Wildman–Crippen LogP) is 2.92. The van der Waals surface area contributed by atoms with Crippen LogP contribution in [0.25, 0.3) is 0 Å². The number of benzene rings is 1. The molecule has 8 heteroatoms. The van der Waals surface area contributed by atoms with Gasteiger partial charge in [0.2, 0.25) is 11.6 Å². The van der Waals surface area contributed by atoms with E-state index in [0.717, 1.165) is 12.8 Å². The van der Waals surface area contributed by atoms with Crippen molar-refractivity contribution in [2.45, 2.75) is 18.9 Å². The fraction of sp³-hybridized carbons (Fsp3) is 0.400. The van der Waals surface area contributed by atoms with Gasteiger partial charge in [-0.3, -0.25) is 4.79 Å². The van der Waals surface area contributed by atoms with Crippen LogP contribution < -0.4 is 24.3 Å². The van der Waals surface area contributed by atoms with Gasteiger partial charge >= 0.3 is 0 Å². The summed E-state index contributed by atoms with van der Waals surface area (Å²) in [7, 11) is 4.56. The van der Waals surface area contributed by atoms with Gasteiger partial charge in [0, 0.05) is 42.9 Å². The van der Waals surface area contributed by atoms with Gasteiger partial charge in [0.1, 0.15) is 6.10 Å². The van der Waals surface area contributed by atoms with Crippen LogP contribution in [0.4, 0.5) is 5.69 Å². The van der Waals surface area contributed by atoms with Crippen molar-refractivity contribution in [3.63, 3.8) is 0 Å². The van der Waals surface area contributed by atoms with Crippen molar-refractivity contribution in [1.29, 1.82) is 0 Å². The van der Waals surface area contributed by atoms with E-state index in [1.165, 1.54) is 27.5 Å². The average Bonchev–Trinajstić information content (AvgIpc) is 2.74. The quantitative estimate of drug-likeness (QED) is 0.780. The molecule has 8 nitrogen and oxygen atoms in total. The molecule has 1 aliphatic heterocycles. The minimum Gasteiger partial charge on any atom is -0.493 e. The van der Waals surface area contributed by atoms with Crippen LogP contribution in [-0.2, 0) is 4.74 Å². The third-order valence-corrected chi connectivity index (χ3v) is 4.38. The molecule has 0 bridgehead atoms. The summed E-state index contributed by atoms with van der Waals surface area (Å²) < 4.78 is 27.0. The van der Waals surface area contributed by atoms with E-state index < -0.39 is 0 Å². The second kappa shape index (κ2) is 9.27. The molecule has 1 aliphatic rings. The SMILES string of the molecule is COc1cc(NC(=O)c2ccc(OC3CCOCC3)nc2)cc(OC)c1OC. The highest BCUT2D eigenvalue weighted by Crippen LogP contribution is 2.40. The van der Waals surface area contributed by atoms with Crippen molar-refractivity contribution in [3.8, 4) is 23.1 Å². The van der Waals surface area contributed by atoms with Gasteiger partial charge in [-0.1, -0.05) is 0 Å². The van der Waals surface area contributed by atoms with E-state index in [2.05, 4.69) is 10.3 Å². The van der Waals surface area contributed by atoms with Crippen LogP contribution in [0.2, 0.25) is 0 Å². The maximum absolute atomic E-state index is 12.5. The minimum absolute atomic E-state index is 0.0974. The van der Waals surface area contributed by atoms with Crippen LogP contribution in [0.3, 0.4) is 0 Å². The van der Waals surface area contributed by atoms with E-state index in [1.54, 1.807) is 24.3 Å². The molecule has 1 aromatic carbocycles. The number of aromatic nitrogens is 1. The van der Waals surface area contributed by atoms with Crippen LogP contribution in [0, 0.1) is 0 Å². The number of amides is 1. The van der Waals surface area contributed by atoms with Gasteiger partial charge in [0.15, 0.2) is 11.5 Å². The van der Waals surface area contributed by atoms with Gasteiger partial charge in [-0.2, -0.15) is 0 Å². The molecule has 1 N–H and O–H groups in total. The third-order valence-electron chi connectivity index (χ3n) is 4.38. The Labute approximate surface area is 163 Å². The number of carbonyl (C=O) groups excluding carboxylic acids is 1. The number of rotatable bonds is 7. The lowest BCUT2D eigenvalue weighted by Gasteiger charge is -2.22. The Morgan fingerprint density at radius 3 is 2.29 bits per heavy atom. The fourth-order valence-corrected chi connectivity index (χ4v) is 2.91. The van der Waals surface area contributed by atoms with Gasteiger partial charge < -0.3 is 29.0 Å².